The van der Waals surface area contributed by atoms with E-state index < -0.39 is 5.60 Å². The Labute approximate surface area is 122 Å². The van der Waals surface area contributed by atoms with Gasteiger partial charge in [0.2, 0.25) is 0 Å². The van der Waals surface area contributed by atoms with Crippen LogP contribution in [0.5, 0.6) is 0 Å². The normalized spacial score (nSPS) is 24.1. The van der Waals surface area contributed by atoms with E-state index in [4.69, 9.17) is 9.47 Å². The van der Waals surface area contributed by atoms with Crippen LogP contribution in [0.1, 0.15) is 46.5 Å². The van der Waals surface area contributed by atoms with Crippen molar-refractivity contribution >= 4 is 6.09 Å². The maximum absolute atomic E-state index is 12.0. The number of piperidine rings is 1. The molecule has 0 atom stereocenters. The SMILES string of the molecule is COC=C1CC(C2CCN(C(=O)OC(C)(C)C)CC2)C1. The minimum Gasteiger partial charge on any atom is -0.504 e. The van der Waals surface area contributed by atoms with Gasteiger partial charge in [-0.15, -0.1) is 0 Å². The second-order valence-electron chi connectivity index (χ2n) is 6.98. The first kappa shape index (κ1) is 15.2. The molecule has 1 aliphatic heterocycles. The average Bonchev–Trinajstić information content (AvgIpc) is 2.31. The molecule has 114 valence electrons. The third kappa shape index (κ3) is 3.90. The fourth-order valence-electron chi connectivity index (χ4n) is 3.09. The van der Waals surface area contributed by atoms with Crippen molar-refractivity contribution in [2.45, 2.75) is 52.1 Å². The molecule has 1 saturated carbocycles. The van der Waals surface area contributed by atoms with Crippen LogP contribution >= 0.6 is 0 Å². The number of nitrogens with zero attached hydrogens (tertiary/aromatic N) is 1. The van der Waals surface area contributed by atoms with Gasteiger partial charge in [-0.2, -0.15) is 0 Å². The van der Waals surface area contributed by atoms with Gasteiger partial charge in [0.15, 0.2) is 0 Å². The highest BCUT2D eigenvalue weighted by Gasteiger charge is 2.35. The molecule has 0 unspecified atom stereocenters. The van der Waals surface area contributed by atoms with E-state index in [0.29, 0.717) is 0 Å². The lowest BCUT2D eigenvalue weighted by atomic mass is 9.69. The van der Waals surface area contributed by atoms with Crippen molar-refractivity contribution in [3.63, 3.8) is 0 Å². The smallest absolute Gasteiger partial charge is 0.410 e. The Hall–Kier alpha value is -1.19. The Morgan fingerprint density at radius 3 is 2.30 bits per heavy atom. The Morgan fingerprint density at radius 2 is 1.80 bits per heavy atom. The summed E-state index contributed by atoms with van der Waals surface area (Å²) in [5.41, 5.74) is 1.02. The minimum absolute atomic E-state index is 0.162. The van der Waals surface area contributed by atoms with E-state index in [1.807, 2.05) is 31.9 Å². The summed E-state index contributed by atoms with van der Waals surface area (Å²) in [6.07, 6.45) is 6.26. The number of carbonyl (C=O) groups excluding carboxylic acids is 1. The standard InChI is InChI=1S/C16H27NO3/c1-16(2,3)20-15(18)17-7-5-13(6-8-17)14-9-12(10-14)11-19-4/h11,13-14H,5-10H2,1-4H3. The minimum atomic E-state index is -0.401. The first-order valence-electron chi connectivity index (χ1n) is 7.57. The van der Waals surface area contributed by atoms with Crippen molar-refractivity contribution in [1.29, 1.82) is 0 Å². The van der Waals surface area contributed by atoms with Gasteiger partial charge < -0.3 is 14.4 Å². The van der Waals surface area contributed by atoms with Gasteiger partial charge in [0.25, 0.3) is 0 Å². The van der Waals surface area contributed by atoms with E-state index in [0.717, 1.165) is 37.8 Å². The number of allylic oxidation sites excluding steroid dienone is 1. The molecule has 0 radical (unpaired) electrons. The average molecular weight is 281 g/mol. The van der Waals surface area contributed by atoms with Crippen LogP contribution < -0.4 is 0 Å². The monoisotopic (exact) mass is 281 g/mol. The molecule has 1 saturated heterocycles. The molecule has 0 aromatic rings. The van der Waals surface area contributed by atoms with Crippen LogP contribution in [0.3, 0.4) is 0 Å². The van der Waals surface area contributed by atoms with Crippen molar-refractivity contribution in [1.82, 2.24) is 4.90 Å². The van der Waals surface area contributed by atoms with Crippen molar-refractivity contribution in [2.75, 3.05) is 20.2 Å². The largest absolute Gasteiger partial charge is 0.504 e. The van der Waals surface area contributed by atoms with Gasteiger partial charge in [-0.25, -0.2) is 4.79 Å². The zero-order valence-electron chi connectivity index (χ0n) is 13.1. The Kier molecular flexibility index (Phi) is 4.61. The number of amides is 1. The van der Waals surface area contributed by atoms with E-state index in [-0.39, 0.29) is 6.09 Å². The van der Waals surface area contributed by atoms with Gasteiger partial charge in [0, 0.05) is 13.1 Å². The molecule has 0 spiro atoms. The number of ether oxygens (including phenoxy) is 2. The predicted octanol–water partition coefficient (Wildman–Crippen LogP) is 3.57. The number of likely N-dealkylation sites (tertiary alicyclic amines) is 1. The van der Waals surface area contributed by atoms with Gasteiger partial charge in [0.1, 0.15) is 5.60 Å². The van der Waals surface area contributed by atoms with E-state index in [2.05, 4.69) is 0 Å². The van der Waals surface area contributed by atoms with E-state index in [1.54, 1.807) is 7.11 Å². The molecule has 4 heteroatoms. The summed E-state index contributed by atoms with van der Waals surface area (Å²) in [7, 11) is 1.71. The molecule has 0 aromatic heterocycles. The van der Waals surface area contributed by atoms with Gasteiger partial charge >= 0.3 is 6.09 Å². The van der Waals surface area contributed by atoms with Crippen LogP contribution in [-0.2, 0) is 9.47 Å². The quantitative estimate of drug-likeness (QED) is 0.726. The van der Waals surface area contributed by atoms with Gasteiger partial charge in [0.05, 0.1) is 13.4 Å². The number of carbonyl (C=O) groups is 1. The molecule has 0 N–H and O–H groups in total. The van der Waals surface area contributed by atoms with E-state index in [1.165, 1.54) is 18.4 Å². The summed E-state index contributed by atoms with van der Waals surface area (Å²) in [6.45, 7) is 7.40. The number of rotatable bonds is 2. The maximum Gasteiger partial charge on any atom is 0.410 e. The molecule has 0 bridgehead atoms. The van der Waals surface area contributed by atoms with Gasteiger partial charge in [-0.05, 0) is 63.9 Å². The highest BCUT2D eigenvalue weighted by atomic mass is 16.6. The molecule has 2 aliphatic rings. The Balaban J connectivity index is 1.73. The van der Waals surface area contributed by atoms with Gasteiger partial charge in [-0.3, -0.25) is 0 Å². The van der Waals surface area contributed by atoms with E-state index in [9.17, 15) is 4.79 Å². The van der Waals surface area contributed by atoms with Crippen LogP contribution in [0.4, 0.5) is 4.79 Å². The van der Waals surface area contributed by atoms with Crippen molar-refractivity contribution < 1.29 is 14.3 Å². The molecular formula is C16H27NO3. The molecule has 4 nitrogen and oxygen atoms in total. The topological polar surface area (TPSA) is 38.8 Å². The Bertz CT molecular complexity index is 368. The summed E-state index contributed by atoms with van der Waals surface area (Å²) < 4.78 is 10.5. The lowest BCUT2D eigenvalue weighted by molar-refractivity contribution is 0.0147. The lowest BCUT2D eigenvalue weighted by Gasteiger charge is -2.41. The number of methoxy groups -OCH3 is 1. The zero-order valence-corrected chi connectivity index (χ0v) is 13.1. The van der Waals surface area contributed by atoms with Crippen LogP contribution in [0.25, 0.3) is 0 Å². The first-order chi connectivity index (χ1) is 9.39. The molecule has 20 heavy (non-hydrogen) atoms. The highest BCUT2D eigenvalue weighted by molar-refractivity contribution is 5.68. The molecule has 2 rings (SSSR count). The van der Waals surface area contributed by atoms with E-state index >= 15 is 0 Å². The highest BCUT2D eigenvalue weighted by Crippen LogP contribution is 2.42. The number of hydrogen-bond donors (Lipinski definition) is 0. The van der Waals surface area contributed by atoms with Gasteiger partial charge in [-0.1, -0.05) is 0 Å². The predicted molar refractivity (Wildman–Crippen MR) is 78.3 cm³/mol. The summed E-state index contributed by atoms with van der Waals surface area (Å²) >= 11 is 0. The summed E-state index contributed by atoms with van der Waals surface area (Å²) in [4.78, 5) is 13.8. The summed E-state index contributed by atoms with van der Waals surface area (Å²) in [6, 6.07) is 0. The molecular weight excluding hydrogens is 254 g/mol. The summed E-state index contributed by atoms with van der Waals surface area (Å²) in [5, 5.41) is 0. The fourth-order valence-corrected chi connectivity index (χ4v) is 3.09. The lowest BCUT2D eigenvalue weighted by Crippen LogP contribution is -2.43. The van der Waals surface area contributed by atoms with Crippen LogP contribution in [0.2, 0.25) is 0 Å². The zero-order chi connectivity index (χ0) is 14.8. The molecule has 0 aromatic carbocycles. The summed E-state index contributed by atoms with van der Waals surface area (Å²) in [5.74, 6) is 1.54. The van der Waals surface area contributed by atoms with Crippen molar-refractivity contribution in [3.05, 3.63) is 11.8 Å². The number of hydrogen-bond acceptors (Lipinski definition) is 3. The van der Waals surface area contributed by atoms with Crippen LogP contribution in [-0.4, -0.2) is 36.8 Å². The van der Waals surface area contributed by atoms with Crippen molar-refractivity contribution in [3.8, 4) is 0 Å². The third-order valence-electron chi connectivity index (χ3n) is 4.19. The Morgan fingerprint density at radius 1 is 1.20 bits per heavy atom. The fraction of sp³-hybridized carbons (Fsp3) is 0.812. The third-order valence-corrected chi connectivity index (χ3v) is 4.19. The van der Waals surface area contributed by atoms with Crippen LogP contribution in [0.15, 0.2) is 11.8 Å². The molecule has 1 heterocycles. The molecule has 1 aliphatic carbocycles. The van der Waals surface area contributed by atoms with Crippen LogP contribution in [0, 0.1) is 11.8 Å². The molecule has 2 fully saturated rings. The van der Waals surface area contributed by atoms with Crippen molar-refractivity contribution in [2.24, 2.45) is 11.8 Å². The maximum atomic E-state index is 12.0. The first-order valence-corrected chi connectivity index (χ1v) is 7.57. The molecule has 1 amide bonds. The second kappa shape index (κ2) is 6.06. The second-order valence-corrected chi connectivity index (χ2v) is 6.98.